The molecule has 0 spiro atoms. The van der Waals surface area contributed by atoms with E-state index in [9.17, 15) is 9.59 Å². The number of piperazine rings is 1. The molecule has 138 valence electrons. The second-order valence-corrected chi connectivity index (χ2v) is 7.53. The fourth-order valence-electron chi connectivity index (χ4n) is 3.77. The minimum absolute atomic E-state index is 0.0661. The van der Waals surface area contributed by atoms with Crippen LogP contribution in [0.3, 0.4) is 0 Å². The number of likely N-dealkylation sites (tertiary alicyclic amines) is 1. The van der Waals surface area contributed by atoms with Crippen LogP contribution in [0.15, 0.2) is 12.4 Å². The zero-order valence-electron chi connectivity index (χ0n) is 15.2. The Bertz CT molecular complexity index is 578. The number of carbonyl (C=O) groups is 2. The molecule has 2 fully saturated rings. The summed E-state index contributed by atoms with van der Waals surface area (Å²) >= 11 is 0. The Labute approximate surface area is 149 Å². The molecule has 0 bridgehead atoms. The monoisotopic (exact) mass is 347 g/mol. The molecule has 7 nitrogen and oxygen atoms in total. The van der Waals surface area contributed by atoms with Crippen molar-refractivity contribution in [3.05, 3.63) is 18.2 Å². The van der Waals surface area contributed by atoms with E-state index in [0.717, 1.165) is 44.7 Å². The maximum Gasteiger partial charge on any atom is 0.242 e. The third-order valence-electron chi connectivity index (χ3n) is 5.17. The van der Waals surface area contributed by atoms with Gasteiger partial charge in [0.1, 0.15) is 5.82 Å². The maximum atomic E-state index is 12.6. The molecule has 2 N–H and O–H groups in total. The predicted molar refractivity (Wildman–Crippen MR) is 95.0 cm³/mol. The van der Waals surface area contributed by atoms with E-state index in [1.165, 1.54) is 0 Å². The van der Waals surface area contributed by atoms with Crippen LogP contribution in [-0.2, 0) is 9.59 Å². The number of H-pyrrole nitrogens is 1. The van der Waals surface area contributed by atoms with Crippen LogP contribution in [0.2, 0.25) is 0 Å². The summed E-state index contributed by atoms with van der Waals surface area (Å²) in [6.07, 6.45) is 6.28. The molecule has 25 heavy (non-hydrogen) atoms. The van der Waals surface area contributed by atoms with Gasteiger partial charge in [0.05, 0.1) is 12.6 Å². The van der Waals surface area contributed by atoms with Crippen molar-refractivity contribution in [1.82, 2.24) is 25.1 Å². The van der Waals surface area contributed by atoms with E-state index in [0.29, 0.717) is 18.4 Å². The minimum Gasteiger partial charge on any atom is -0.348 e. The van der Waals surface area contributed by atoms with E-state index < -0.39 is 0 Å². The van der Waals surface area contributed by atoms with Crippen molar-refractivity contribution < 1.29 is 9.59 Å². The molecule has 1 aromatic rings. The molecule has 0 aromatic carbocycles. The summed E-state index contributed by atoms with van der Waals surface area (Å²) in [6, 6.07) is -0.147. The maximum absolute atomic E-state index is 12.6. The first-order valence-electron chi connectivity index (χ1n) is 9.34. The van der Waals surface area contributed by atoms with Gasteiger partial charge in [-0.05, 0) is 25.2 Å². The molecule has 0 saturated carbocycles. The van der Waals surface area contributed by atoms with E-state index in [1.807, 2.05) is 11.1 Å². The van der Waals surface area contributed by atoms with Crippen molar-refractivity contribution in [3.8, 4) is 0 Å². The van der Waals surface area contributed by atoms with Crippen molar-refractivity contribution >= 4 is 11.8 Å². The largest absolute Gasteiger partial charge is 0.348 e. The standard InChI is InChI=1S/C18H29N5O2/c1-13(2)11-15-18(25)23(10-7-19-15)12-16(24)22-8-3-14(4-9-22)17-20-5-6-21-17/h5-6,13-15,19H,3-4,7-12H2,1-2H3,(H,20,21). The van der Waals surface area contributed by atoms with Gasteiger partial charge in [-0.2, -0.15) is 0 Å². The Kier molecular flexibility index (Phi) is 5.73. The van der Waals surface area contributed by atoms with E-state index in [2.05, 4.69) is 29.1 Å². The number of carbonyl (C=O) groups excluding carboxylic acids is 2. The number of aromatic amines is 1. The van der Waals surface area contributed by atoms with Crippen molar-refractivity contribution in [2.45, 2.75) is 45.1 Å². The predicted octanol–water partition coefficient (Wildman–Crippen LogP) is 0.962. The zero-order chi connectivity index (χ0) is 17.8. The molecule has 2 aliphatic heterocycles. The van der Waals surface area contributed by atoms with Crippen molar-refractivity contribution in [2.75, 3.05) is 32.7 Å². The Morgan fingerprint density at radius 3 is 2.72 bits per heavy atom. The molecule has 3 rings (SSSR count). The van der Waals surface area contributed by atoms with E-state index in [1.54, 1.807) is 11.1 Å². The van der Waals surface area contributed by atoms with Gasteiger partial charge in [-0.15, -0.1) is 0 Å². The number of rotatable bonds is 5. The number of aromatic nitrogens is 2. The lowest BCUT2D eigenvalue weighted by Gasteiger charge is -2.36. The molecule has 2 saturated heterocycles. The van der Waals surface area contributed by atoms with Gasteiger partial charge in [-0.1, -0.05) is 13.8 Å². The molecular formula is C18H29N5O2. The quantitative estimate of drug-likeness (QED) is 0.831. The number of piperidine rings is 1. The van der Waals surface area contributed by atoms with Crippen LogP contribution in [0.1, 0.15) is 44.9 Å². The molecule has 2 aliphatic rings. The first-order chi connectivity index (χ1) is 12.0. The number of nitrogens with zero attached hydrogens (tertiary/aromatic N) is 3. The molecule has 1 unspecified atom stereocenters. The van der Waals surface area contributed by atoms with Crippen molar-refractivity contribution in [3.63, 3.8) is 0 Å². The van der Waals surface area contributed by atoms with E-state index >= 15 is 0 Å². The Morgan fingerprint density at radius 1 is 1.32 bits per heavy atom. The van der Waals surface area contributed by atoms with Crippen LogP contribution < -0.4 is 5.32 Å². The fourth-order valence-corrected chi connectivity index (χ4v) is 3.77. The van der Waals surface area contributed by atoms with Crippen LogP contribution in [0.25, 0.3) is 0 Å². The molecule has 0 aliphatic carbocycles. The molecule has 3 heterocycles. The van der Waals surface area contributed by atoms with Gasteiger partial charge in [0.2, 0.25) is 11.8 Å². The molecule has 0 radical (unpaired) electrons. The first-order valence-corrected chi connectivity index (χ1v) is 9.34. The van der Waals surface area contributed by atoms with Crippen molar-refractivity contribution in [2.24, 2.45) is 5.92 Å². The second kappa shape index (κ2) is 7.99. The first kappa shape index (κ1) is 17.9. The number of nitrogens with one attached hydrogen (secondary N) is 2. The van der Waals surface area contributed by atoms with Crippen LogP contribution in [-0.4, -0.2) is 70.3 Å². The van der Waals surface area contributed by atoms with Crippen LogP contribution in [0, 0.1) is 5.92 Å². The molecule has 7 heteroatoms. The van der Waals surface area contributed by atoms with Gasteiger partial charge in [0.15, 0.2) is 0 Å². The van der Waals surface area contributed by atoms with Gasteiger partial charge in [0, 0.05) is 44.5 Å². The van der Waals surface area contributed by atoms with Gasteiger partial charge >= 0.3 is 0 Å². The summed E-state index contributed by atoms with van der Waals surface area (Å²) in [7, 11) is 0. The Hall–Kier alpha value is -1.89. The summed E-state index contributed by atoms with van der Waals surface area (Å²) in [4.78, 5) is 36.3. The normalized spacial score (nSPS) is 22.7. The average Bonchev–Trinajstić information content (AvgIpc) is 3.13. The minimum atomic E-state index is -0.147. The molecular weight excluding hydrogens is 318 g/mol. The van der Waals surface area contributed by atoms with E-state index in [4.69, 9.17) is 0 Å². The molecule has 1 aromatic heterocycles. The van der Waals surface area contributed by atoms with E-state index in [-0.39, 0.29) is 24.4 Å². The highest BCUT2D eigenvalue weighted by Gasteiger charge is 2.32. The average molecular weight is 347 g/mol. The van der Waals surface area contributed by atoms with Crippen LogP contribution >= 0.6 is 0 Å². The summed E-state index contributed by atoms with van der Waals surface area (Å²) in [5, 5.41) is 3.28. The Morgan fingerprint density at radius 2 is 2.08 bits per heavy atom. The van der Waals surface area contributed by atoms with Gasteiger partial charge in [-0.3, -0.25) is 9.59 Å². The van der Waals surface area contributed by atoms with Crippen LogP contribution in [0.4, 0.5) is 0 Å². The lowest BCUT2D eigenvalue weighted by atomic mass is 9.96. The highest BCUT2D eigenvalue weighted by Crippen LogP contribution is 2.25. The van der Waals surface area contributed by atoms with Crippen LogP contribution in [0.5, 0.6) is 0 Å². The topological polar surface area (TPSA) is 81.3 Å². The highest BCUT2D eigenvalue weighted by molar-refractivity contribution is 5.88. The summed E-state index contributed by atoms with van der Waals surface area (Å²) in [5.74, 6) is 2.00. The summed E-state index contributed by atoms with van der Waals surface area (Å²) < 4.78 is 0. The number of amides is 2. The SMILES string of the molecule is CC(C)CC1NCCN(CC(=O)N2CCC(c3ncc[nH]3)CC2)C1=O. The number of hydrogen-bond acceptors (Lipinski definition) is 4. The van der Waals surface area contributed by atoms with Crippen molar-refractivity contribution in [1.29, 1.82) is 0 Å². The Balaban J connectivity index is 1.50. The summed E-state index contributed by atoms with van der Waals surface area (Å²) in [5.41, 5.74) is 0. The smallest absolute Gasteiger partial charge is 0.242 e. The molecule has 1 atom stereocenters. The lowest BCUT2D eigenvalue weighted by molar-refractivity contribution is -0.144. The lowest BCUT2D eigenvalue weighted by Crippen LogP contribution is -2.57. The zero-order valence-corrected chi connectivity index (χ0v) is 15.2. The second-order valence-electron chi connectivity index (χ2n) is 7.53. The highest BCUT2D eigenvalue weighted by atomic mass is 16.2. The summed E-state index contributed by atoms with van der Waals surface area (Å²) in [6.45, 7) is 7.28. The van der Waals surface area contributed by atoms with Gasteiger partial charge < -0.3 is 20.1 Å². The fraction of sp³-hybridized carbons (Fsp3) is 0.722. The third kappa shape index (κ3) is 4.39. The molecule has 2 amide bonds. The third-order valence-corrected chi connectivity index (χ3v) is 5.17. The number of imidazole rings is 1. The van der Waals surface area contributed by atoms with Gasteiger partial charge in [0.25, 0.3) is 0 Å². The van der Waals surface area contributed by atoms with Gasteiger partial charge in [-0.25, -0.2) is 4.98 Å². The number of hydrogen-bond donors (Lipinski definition) is 2.